The Hall–Kier alpha value is -4.50. The Morgan fingerprint density at radius 3 is 2.56 bits per heavy atom. The first-order chi connectivity index (χ1) is 20.7. The standard InChI is InChI=1S/C34H34FN5O3/c1-19-23(4-3-5-29(19)40-18-21-6-8-22(35)17-27(21)34(40)43)24-10-11-26(32(36)41)31-30(24)25-9-7-20(16-28(25)37-31)33(42)39-14-12-38(2)13-15-39/h3-6,8,10-11,17,20,37H,7,9,12-16,18H2,1-2H3,(H2,36,41). The van der Waals surface area contributed by atoms with E-state index in [1.165, 1.54) is 12.1 Å². The molecule has 3 amide bonds. The van der Waals surface area contributed by atoms with Gasteiger partial charge in [0.05, 0.1) is 17.6 Å². The van der Waals surface area contributed by atoms with Gasteiger partial charge in [-0.3, -0.25) is 14.4 Å². The number of aromatic nitrogens is 1. The molecule has 4 aromatic rings. The molecule has 1 atom stereocenters. The van der Waals surface area contributed by atoms with Crippen LogP contribution in [0, 0.1) is 18.7 Å². The topological polar surface area (TPSA) is 103 Å². The number of H-pyrrole nitrogens is 1. The highest BCUT2D eigenvalue weighted by Gasteiger charge is 2.34. The number of halogens is 1. The Morgan fingerprint density at radius 1 is 1.00 bits per heavy atom. The third kappa shape index (κ3) is 4.50. The van der Waals surface area contributed by atoms with Crippen molar-refractivity contribution in [3.63, 3.8) is 0 Å². The smallest absolute Gasteiger partial charge is 0.259 e. The molecule has 1 unspecified atom stereocenters. The molecule has 1 aliphatic carbocycles. The van der Waals surface area contributed by atoms with Crippen molar-refractivity contribution in [2.75, 3.05) is 38.1 Å². The number of primary amides is 1. The van der Waals surface area contributed by atoms with E-state index in [4.69, 9.17) is 5.73 Å². The van der Waals surface area contributed by atoms with Crippen molar-refractivity contribution >= 4 is 34.3 Å². The fraction of sp³-hybridized carbons (Fsp3) is 0.324. The molecule has 7 rings (SSSR count). The van der Waals surface area contributed by atoms with E-state index in [2.05, 4.69) is 16.9 Å². The average Bonchev–Trinajstić information content (AvgIpc) is 3.54. The zero-order valence-electron chi connectivity index (χ0n) is 24.4. The van der Waals surface area contributed by atoms with Gasteiger partial charge in [-0.05, 0) is 85.3 Å². The second kappa shape index (κ2) is 10.3. The van der Waals surface area contributed by atoms with Gasteiger partial charge in [0, 0.05) is 54.4 Å². The number of hydrogen-bond acceptors (Lipinski definition) is 4. The minimum absolute atomic E-state index is 0.109. The van der Waals surface area contributed by atoms with Gasteiger partial charge in [-0.15, -0.1) is 0 Å². The Labute approximate surface area is 249 Å². The maximum Gasteiger partial charge on any atom is 0.259 e. The second-order valence-corrected chi connectivity index (χ2v) is 12.1. The normalized spacial score (nSPS) is 18.7. The molecule has 0 saturated carbocycles. The van der Waals surface area contributed by atoms with Gasteiger partial charge in [-0.1, -0.05) is 24.3 Å². The summed E-state index contributed by atoms with van der Waals surface area (Å²) in [6.45, 7) is 5.61. The van der Waals surface area contributed by atoms with E-state index in [-0.39, 0.29) is 17.7 Å². The van der Waals surface area contributed by atoms with Crippen LogP contribution >= 0.6 is 0 Å². The lowest BCUT2D eigenvalue weighted by molar-refractivity contribution is -0.137. The lowest BCUT2D eigenvalue weighted by Gasteiger charge is -2.35. The summed E-state index contributed by atoms with van der Waals surface area (Å²) in [5.74, 6) is -1.08. The van der Waals surface area contributed by atoms with Crippen molar-refractivity contribution in [3.05, 3.63) is 87.9 Å². The zero-order valence-corrected chi connectivity index (χ0v) is 24.4. The molecule has 3 N–H and O–H groups in total. The van der Waals surface area contributed by atoms with Gasteiger partial charge in [-0.25, -0.2) is 4.39 Å². The second-order valence-electron chi connectivity index (χ2n) is 12.1. The molecule has 0 spiro atoms. The van der Waals surface area contributed by atoms with E-state index in [1.807, 2.05) is 36.1 Å². The van der Waals surface area contributed by atoms with Gasteiger partial charge in [0.2, 0.25) is 5.91 Å². The van der Waals surface area contributed by atoms with Crippen LogP contribution in [-0.4, -0.2) is 65.7 Å². The molecule has 9 heteroatoms. The third-order valence-corrected chi connectivity index (χ3v) is 9.53. The molecule has 1 saturated heterocycles. The van der Waals surface area contributed by atoms with E-state index in [9.17, 15) is 18.8 Å². The SMILES string of the molecule is Cc1c(-c2ccc(C(N)=O)c3[nH]c4c(c23)CCC(C(=O)N2CCN(C)CC2)C4)cccc1N1Cc2ccc(F)cc2C1=O. The van der Waals surface area contributed by atoms with Gasteiger partial charge in [0.15, 0.2) is 0 Å². The summed E-state index contributed by atoms with van der Waals surface area (Å²) in [6.07, 6.45) is 2.03. The fourth-order valence-electron chi connectivity index (χ4n) is 7.14. The zero-order chi connectivity index (χ0) is 30.0. The van der Waals surface area contributed by atoms with E-state index in [0.717, 1.165) is 77.2 Å². The van der Waals surface area contributed by atoms with Crippen molar-refractivity contribution in [1.29, 1.82) is 0 Å². The minimum atomic E-state index is -0.515. The van der Waals surface area contributed by atoms with Crippen LogP contribution in [0.2, 0.25) is 0 Å². The number of hydrogen-bond donors (Lipinski definition) is 2. The number of nitrogens with zero attached hydrogens (tertiary/aromatic N) is 3. The minimum Gasteiger partial charge on any atom is -0.366 e. The maximum atomic E-state index is 13.9. The third-order valence-electron chi connectivity index (χ3n) is 9.53. The molecule has 3 heterocycles. The predicted molar refractivity (Wildman–Crippen MR) is 163 cm³/mol. The number of aryl methyl sites for hydroxylation is 1. The van der Waals surface area contributed by atoms with Crippen molar-refractivity contribution in [1.82, 2.24) is 14.8 Å². The molecule has 43 heavy (non-hydrogen) atoms. The number of fused-ring (bicyclic) bond motifs is 4. The fourth-order valence-corrected chi connectivity index (χ4v) is 7.14. The number of carbonyl (C=O) groups excluding carboxylic acids is 3. The van der Waals surface area contributed by atoms with Crippen molar-refractivity contribution in [2.45, 2.75) is 32.7 Å². The summed E-state index contributed by atoms with van der Waals surface area (Å²) in [5.41, 5.74) is 13.7. The van der Waals surface area contributed by atoms with Crippen LogP contribution in [0.1, 0.15) is 49.5 Å². The molecule has 3 aromatic carbocycles. The molecule has 220 valence electrons. The molecule has 8 nitrogen and oxygen atoms in total. The number of nitrogens with one attached hydrogen (secondary N) is 1. The summed E-state index contributed by atoms with van der Waals surface area (Å²) in [4.78, 5) is 48.7. The number of benzene rings is 3. The Kier molecular flexibility index (Phi) is 6.58. The Morgan fingerprint density at radius 2 is 1.79 bits per heavy atom. The van der Waals surface area contributed by atoms with Crippen LogP contribution in [0.4, 0.5) is 10.1 Å². The molecule has 2 aliphatic heterocycles. The lowest BCUT2D eigenvalue weighted by atomic mass is 9.84. The monoisotopic (exact) mass is 579 g/mol. The van der Waals surface area contributed by atoms with Crippen LogP contribution in [0.25, 0.3) is 22.0 Å². The lowest BCUT2D eigenvalue weighted by Crippen LogP contribution is -2.49. The Balaban J connectivity index is 1.28. The number of rotatable bonds is 4. The van der Waals surface area contributed by atoms with Crippen molar-refractivity contribution in [3.8, 4) is 11.1 Å². The first-order valence-corrected chi connectivity index (χ1v) is 14.8. The first-order valence-electron chi connectivity index (χ1n) is 14.8. The molecular weight excluding hydrogens is 545 g/mol. The number of carbonyl (C=O) groups is 3. The van der Waals surface area contributed by atoms with Crippen molar-refractivity contribution < 1.29 is 18.8 Å². The summed E-state index contributed by atoms with van der Waals surface area (Å²) in [5, 5.41) is 0.940. The van der Waals surface area contributed by atoms with Gasteiger partial charge in [0.1, 0.15) is 5.82 Å². The van der Waals surface area contributed by atoms with E-state index in [1.54, 1.807) is 17.0 Å². The molecular formula is C34H34FN5O3. The number of amides is 3. The van der Waals surface area contributed by atoms with E-state index < -0.39 is 11.7 Å². The quantitative estimate of drug-likeness (QED) is 0.374. The maximum absolute atomic E-state index is 13.9. The summed E-state index contributed by atoms with van der Waals surface area (Å²) < 4.78 is 13.9. The van der Waals surface area contributed by atoms with Crippen LogP contribution in [-0.2, 0) is 24.2 Å². The molecule has 1 aromatic heterocycles. The van der Waals surface area contributed by atoms with Gasteiger partial charge in [-0.2, -0.15) is 0 Å². The van der Waals surface area contributed by atoms with Gasteiger partial charge < -0.3 is 25.4 Å². The molecule has 0 bridgehead atoms. The highest BCUT2D eigenvalue weighted by molar-refractivity contribution is 6.13. The van der Waals surface area contributed by atoms with Crippen LogP contribution in [0.3, 0.4) is 0 Å². The predicted octanol–water partition coefficient (Wildman–Crippen LogP) is 4.42. The number of likely N-dealkylation sites (N-methyl/N-ethyl adjacent to an activating group) is 1. The Bertz CT molecular complexity index is 1820. The molecule has 0 radical (unpaired) electrons. The first kappa shape index (κ1) is 27.3. The van der Waals surface area contributed by atoms with Crippen LogP contribution in [0.5, 0.6) is 0 Å². The van der Waals surface area contributed by atoms with Crippen LogP contribution in [0.15, 0.2) is 48.5 Å². The summed E-state index contributed by atoms with van der Waals surface area (Å²) in [7, 11) is 2.08. The summed E-state index contributed by atoms with van der Waals surface area (Å²) >= 11 is 0. The van der Waals surface area contributed by atoms with E-state index >= 15 is 0 Å². The molecule has 1 fully saturated rings. The largest absolute Gasteiger partial charge is 0.366 e. The highest BCUT2D eigenvalue weighted by Crippen LogP contribution is 2.42. The van der Waals surface area contributed by atoms with E-state index in [0.29, 0.717) is 36.0 Å². The van der Waals surface area contributed by atoms with Gasteiger partial charge >= 0.3 is 0 Å². The average molecular weight is 580 g/mol. The number of piperazine rings is 1. The number of aromatic amines is 1. The number of anilines is 1. The van der Waals surface area contributed by atoms with Gasteiger partial charge in [0.25, 0.3) is 11.8 Å². The number of nitrogens with two attached hydrogens (primary N) is 1. The van der Waals surface area contributed by atoms with Crippen molar-refractivity contribution in [2.24, 2.45) is 11.7 Å². The van der Waals surface area contributed by atoms with Crippen LogP contribution < -0.4 is 10.6 Å². The summed E-state index contributed by atoms with van der Waals surface area (Å²) in [6, 6.07) is 13.9. The molecule has 3 aliphatic rings. The highest BCUT2D eigenvalue weighted by atomic mass is 19.1.